The Morgan fingerprint density at radius 2 is 1.82 bits per heavy atom. The summed E-state index contributed by atoms with van der Waals surface area (Å²) in [5.41, 5.74) is 0.846. The minimum Gasteiger partial charge on any atom is -0.495 e. The predicted molar refractivity (Wildman–Crippen MR) is 102 cm³/mol. The largest absolute Gasteiger partial charge is 0.495 e. The lowest BCUT2D eigenvalue weighted by molar-refractivity contribution is -0.182. The van der Waals surface area contributed by atoms with Gasteiger partial charge in [-0.05, 0) is 24.1 Å². The molecule has 8 nitrogen and oxygen atoms in total. The van der Waals surface area contributed by atoms with E-state index in [1.165, 1.54) is 20.3 Å². The first-order valence-corrected chi connectivity index (χ1v) is 8.81. The summed E-state index contributed by atoms with van der Waals surface area (Å²) in [6.45, 7) is 4.84. The van der Waals surface area contributed by atoms with Crippen LogP contribution in [0.3, 0.4) is 0 Å². The SMILES string of the molecule is COc1c2ccoc2nc2c(OC)c(OC(OC(C)=O)C(O)C(C)C)ccc12. The Morgan fingerprint density at radius 3 is 2.43 bits per heavy atom. The standard InChI is InChI=1S/C20H23NO7/c1-10(2)16(23)20(27-11(3)22)28-14-7-6-12-15(18(14)25-5)21-19-13(8-9-26-19)17(12)24-4/h6-10,16,20,23H,1-5H3. The highest BCUT2D eigenvalue weighted by Crippen LogP contribution is 2.42. The van der Waals surface area contributed by atoms with Gasteiger partial charge >= 0.3 is 5.97 Å². The van der Waals surface area contributed by atoms with Crippen LogP contribution in [0.2, 0.25) is 0 Å². The Bertz CT molecular complexity index is 995. The summed E-state index contributed by atoms with van der Waals surface area (Å²) >= 11 is 0. The van der Waals surface area contributed by atoms with Crippen LogP contribution in [0.1, 0.15) is 20.8 Å². The van der Waals surface area contributed by atoms with Gasteiger partial charge in [-0.3, -0.25) is 4.79 Å². The molecular formula is C20H23NO7. The van der Waals surface area contributed by atoms with E-state index in [0.717, 1.165) is 5.39 Å². The fourth-order valence-corrected chi connectivity index (χ4v) is 2.93. The van der Waals surface area contributed by atoms with E-state index in [1.54, 1.807) is 39.2 Å². The minimum atomic E-state index is -1.20. The molecular weight excluding hydrogens is 366 g/mol. The number of esters is 1. The highest BCUT2D eigenvalue weighted by atomic mass is 16.7. The number of aliphatic hydroxyl groups excluding tert-OH is 1. The highest BCUT2D eigenvalue weighted by molar-refractivity contribution is 6.02. The molecule has 150 valence electrons. The van der Waals surface area contributed by atoms with Crippen molar-refractivity contribution >= 4 is 28.0 Å². The van der Waals surface area contributed by atoms with E-state index in [4.69, 9.17) is 23.4 Å². The lowest BCUT2D eigenvalue weighted by Crippen LogP contribution is -2.39. The van der Waals surface area contributed by atoms with E-state index in [1.807, 2.05) is 0 Å². The Hall–Kier alpha value is -3.00. The molecule has 1 aromatic carbocycles. The number of carbonyl (C=O) groups excluding carboxylic acids is 1. The number of furan rings is 1. The maximum atomic E-state index is 11.5. The average molecular weight is 389 g/mol. The molecule has 28 heavy (non-hydrogen) atoms. The van der Waals surface area contributed by atoms with Crippen LogP contribution < -0.4 is 14.2 Å². The van der Waals surface area contributed by atoms with Gasteiger partial charge in [-0.25, -0.2) is 4.98 Å². The third-order valence-electron chi connectivity index (χ3n) is 4.34. The van der Waals surface area contributed by atoms with Crippen molar-refractivity contribution in [2.45, 2.75) is 33.2 Å². The van der Waals surface area contributed by atoms with Crippen LogP contribution in [0.5, 0.6) is 17.2 Å². The smallest absolute Gasteiger partial charge is 0.305 e. The Morgan fingerprint density at radius 1 is 1.11 bits per heavy atom. The molecule has 0 aliphatic carbocycles. The zero-order valence-electron chi connectivity index (χ0n) is 16.4. The molecule has 0 saturated carbocycles. The summed E-state index contributed by atoms with van der Waals surface area (Å²) in [5.74, 6) is 0.402. The molecule has 0 aliphatic heterocycles. The Labute approximate surface area is 162 Å². The first-order chi connectivity index (χ1) is 13.4. The second kappa shape index (κ2) is 7.93. The molecule has 2 aromatic heterocycles. The van der Waals surface area contributed by atoms with Crippen molar-refractivity contribution in [1.29, 1.82) is 0 Å². The third kappa shape index (κ3) is 3.55. The number of benzene rings is 1. The van der Waals surface area contributed by atoms with E-state index >= 15 is 0 Å². The van der Waals surface area contributed by atoms with Gasteiger partial charge in [0, 0.05) is 12.3 Å². The molecule has 3 rings (SSSR count). The van der Waals surface area contributed by atoms with Gasteiger partial charge < -0.3 is 28.5 Å². The van der Waals surface area contributed by atoms with Crippen LogP contribution in [0.15, 0.2) is 28.9 Å². The summed E-state index contributed by atoms with van der Waals surface area (Å²) in [6.07, 6.45) is -0.698. The van der Waals surface area contributed by atoms with Crippen LogP contribution in [-0.2, 0) is 9.53 Å². The molecule has 0 amide bonds. The van der Waals surface area contributed by atoms with Crippen LogP contribution in [0.4, 0.5) is 0 Å². The second-order valence-corrected chi connectivity index (χ2v) is 6.61. The van der Waals surface area contributed by atoms with Crippen molar-refractivity contribution in [2.24, 2.45) is 5.92 Å². The first kappa shape index (κ1) is 19.8. The molecule has 8 heteroatoms. The zero-order chi connectivity index (χ0) is 20.4. The molecule has 2 unspecified atom stereocenters. The number of rotatable bonds is 7. The summed E-state index contributed by atoms with van der Waals surface area (Å²) in [4.78, 5) is 16.0. The van der Waals surface area contributed by atoms with Gasteiger partial charge in [-0.1, -0.05) is 13.8 Å². The molecule has 2 heterocycles. The normalized spacial score (nSPS) is 13.5. The molecule has 0 spiro atoms. The maximum absolute atomic E-state index is 11.5. The number of aromatic nitrogens is 1. The van der Waals surface area contributed by atoms with Gasteiger partial charge in [0.25, 0.3) is 6.29 Å². The average Bonchev–Trinajstić information content (AvgIpc) is 3.12. The van der Waals surface area contributed by atoms with Crippen molar-refractivity contribution in [2.75, 3.05) is 14.2 Å². The monoisotopic (exact) mass is 389 g/mol. The fourth-order valence-electron chi connectivity index (χ4n) is 2.93. The number of hydrogen-bond acceptors (Lipinski definition) is 8. The predicted octanol–water partition coefficient (Wildman–Crippen LogP) is 3.28. The van der Waals surface area contributed by atoms with Crippen molar-refractivity contribution in [3.8, 4) is 17.2 Å². The van der Waals surface area contributed by atoms with Gasteiger partial charge in [0.15, 0.2) is 11.5 Å². The van der Waals surface area contributed by atoms with Crippen LogP contribution in [0.25, 0.3) is 22.0 Å². The number of nitrogens with zero attached hydrogens (tertiary/aromatic N) is 1. The van der Waals surface area contributed by atoms with Crippen LogP contribution >= 0.6 is 0 Å². The van der Waals surface area contributed by atoms with Gasteiger partial charge in [0.05, 0.1) is 25.9 Å². The number of ether oxygens (including phenoxy) is 4. The maximum Gasteiger partial charge on any atom is 0.305 e. The number of aliphatic hydroxyl groups is 1. The summed E-state index contributed by atoms with van der Waals surface area (Å²) < 4.78 is 27.5. The Balaban J connectivity index is 2.13. The first-order valence-electron chi connectivity index (χ1n) is 8.81. The number of methoxy groups -OCH3 is 2. The molecule has 1 N–H and O–H groups in total. The van der Waals surface area contributed by atoms with Gasteiger partial charge in [0.2, 0.25) is 5.71 Å². The Kier molecular flexibility index (Phi) is 5.60. The molecule has 0 saturated heterocycles. The van der Waals surface area contributed by atoms with Crippen LogP contribution in [0, 0.1) is 5.92 Å². The lowest BCUT2D eigenvalue weighted by Gasteiger charge is -2.26. The third-order valence-corrected chi connectivity index (χ3v) is 4.34. The quantitative estimate of drug-likeness (QED) is 0.485. The molecule has 0 bridgehead atoms. The number of hydrogen-bond donors (Lipinski definition) is 1. The van der Waals surface area contributed by atoms with E-state index < -0.39 is 18.4 Å². The number of carbonyl (C=O) groups is 1. The number of pyridine rings is 1. The molecule has 2 atom stereocenters. The van der Waals surface area contributed by atoms with Gasteiger partial charge in [-0.15, -0.1) is 0 Å². The van der Waals surface area contributed by atoms with E-state index in [-0.39, 0.29) is 11.7 Å². The minimum absolute atomic E-state index is 0.197. The van der Waals surface area contributed by atoms with Crippen LogP contribution in [-0.4, -0.2) is 42.7 Å². The number of fused-ring (bicyclic) bond motifs is 2. The highest BCUT2D eigenvalue weighted by Gasteiger charge is 2.29. The van der Waals surface area contributed by atoms with Crippen molar-refractivity contribution in [3.05, 3.63) is 24.5 Å². The van der Waals surface area contributed by atoms with Crippen molar-refractivity contribution < 1.29 is 33.3 Å². The van der Waals surface area contributed by atoms with Gasteiger partial charge in [0.1, 0.15) is 17.4 Å². The van der Waals surface area contributed by atoms with Gasteiger partial charge in [-0.2, -0.15) is 0 Å². The van der Waals surface area contributed by atoms with E-state index in [2.05, 4.69) is 4.98 Å². The zero-order valence-corrected chi connectivity index (χ0v) is 16.4. The molecule has 0 fully saturated rings. The molecule has 0 aliphatic rings. The second-order valence-electron chi connectivity index (χ2n) is 6.61. The molecule has 3 aromatic rings. The summed E-state index contributed by atoms with van der Waals surface area (Å²) in [7, 11) is 3.04. The lowest BCUT2D eigenvalue weighted by atomic mass is 10.1. The molecule has 0 radical (unpaired) electrons. The fraction of sp³-hybridized carbons (Fsp3) is 0.400. The van der Waals surface area contributed by atoms with E-state index in [9.17, 15) is 9.90 Å². The topological polar surface area (TPSA) is 100 Å². The summed E-state index contributed by atoms with van der Waals surface area (Å²) in [6, 6.07) is 5.19. The summed E-state index contributed by atoms with van der Waals surface area (Å²) in [5, 5.41) is 11.8. The van der Waals surface area contributed by atoms with Crippen molar-refractivity contribution in [1.82, 2.24) is 4.98 Å². The van der Waals surface area contributed by atoms with Crippen molar-refractivity contribution in [3.63, 3.8) is 0 Å². The van der Waals surface area contributed by atoms with E-state index in [0.29, 0.717) is 28.1 Å².